The highest BCUT2D eigenvalue weighted by Crippen LogP contribution is 2.34. The van der Waals surface area contributed by atoms with E-state index in [9.17, 15) is 8.42 Å². The average Bonchev–Trinajstić information content (AvgIpc) is 3.11. The maximum absolute atomic E-state index is 12.2. The minimum absolute atomic E-state index is 0.0841. The van der Waals surface area contributed by atoms with Crippen molar-refractivity contribution >= 4 is 10.0 Å². The zero-order chi connectivity index (χ0) is 12.3. The Bertz CT molecular complexity index is 320. The summed E-state index contributed by atoms with van der Waals surface area (Å²) in [5.41, 5.74) is 0. The molecule has 0 atom stereocenters. The molecule has 4 nitrogen and oxygen atoms in total. The van der Waals surface area contributed by atoms with E-state index in [0.717, 1.165) is 13.1 Å². The third-order valence-corrected chi connectivity index (χ3v) is 5.41. The smallest absolute Gasteiger partial charge is 0.214 e. The van der Waals surface area contributed by atoms with Crippen LogP contribution in [-0.4, -0.2) is 43.3 Å². The molecule has 0 aliphatic heterocycles. The summed E-state index contributed by atoms with van der Waals surface area (Å²) in [7, 11) is -3.08. The lowest BCUT2D eigenvalue weighted by molar-refractivity contribution is 0.286. The molecule has 17 heavy (non-hydrogen) atoms. The van der Waals surface area contributed by atoms with Gasteiger partial charge in [-0.15, -0.1) is 0 Å². The molecule has 0 unspecified atom stereocenters. The molecule has 2 rings (SSSR count). The van der Waals surface area contributed by atoms with Gasteiger partial charge in [0.2, 0.25) is 10.0 Å². The lowest BCUT2D eigenvalue weighted by atomic mass is 10.4. The van der Waals surface area contributed by atoms with E-state index in [1.807, 2.05) is 0 Å². The molecule has 0 amide bonds. The lowest BCUT2D eigenvalue weighted by Crippen LogP contribution is -2.36. The highest BCUT2D eigenvalue weighted by molar-refractivity contribution is 7.89. The van der Waals surface area contributed by atoms with Gasteiger partial charge in [-0.1, -0.05) is 0 Å². The first-order chi connectivity index (χ1) is 8.12. The van der Waals surface area contributed by atoms with Crippen molar-refractivity contribution < 1.29 is 13.5 Å². The largest absolute Gasteiger partial charge is 0.396 e. The second kappa shape index (κ2) is 5.67. The normalized spacial score (nSPS) is 21.1. The van der Waals surface area contributed by atoms with Crippen molar-refractivity contribution in [2.75, 3.05) is 25.4 Å². The minimum Gasteiger partial charge on any atom is -0.396 e. The van der Waals surface area contributed by atoms with Crippen molar-refractivity contribution in [3.63, 3.8) is 0 Å². The van der Waals surface area contributed by atoms with Crippen LogP contribution in [0.2, 0.25) is 0 Å². The standard InChI is InChI=1S/C12H23NO3S/c14-7-1-2-8-17(15,16)13(9-11-3-4-11)10-12-5-6-12/h11-12,14H,1-10H2. The molecule has 1 N–H and O–H groups in total. The van der Waals surface area contributed by atoms with E-state index < -0.39 is 10.0 Å². The summed E-state index contributed by atoms with van der Waals surface area (Å²) in [6, 6.07) is 0. The third kappa shape index (κ3) is 4.56. The van der Waals surface area contributed by atoms with Gasteiger partial charge in [0.15, 0.2) is 0 Å². The van der Waals surface area contributed by atoms with Crippen molar-refractivity contribution in [2.45, 2.75) is 38.5 Å². The zero-order valence-corrected chi connectivity index (χ0v) is 11.2. The van der Waals surface area contributed by atoms with Gasteiger partial charge in [-0.05, 0) is 50.4 Å². The number of hydrogen-bond acceptors (Lipinski definition) is 3. The van der Waals surface area contributed by atoms with E-state index in [1.54, 1.807) is 4.31 Å². The number of unbranched alkanes of at least 4 members (excludes halogenated alkanes) is 1. The number of sulfonamides is 1. The molecule has 0 radical (unpaired) electrons. The molecule has 0 spiro atoms. The van der Waals surface area contributed by atoms with E-state index in [1.165, 1.54) is 25.7 Å². The topological polar surface area (TPSA) is 57.6 Å². The van der Waals surface area contributed by atoms with E-state index in [2.05, 4.69) is 0 Å². The van der Waals surface area contributed by atoms with Crippen LogP contribution in [0.3, 0.4) is 0 Å². The first kappa shape index (κ1) is 13.3. The SMILES string of the molecule is O=S(=O)(CCCCO)N(CC1CC1)CC1CC1. The van der Waals surface area contributed by atoms with Crippen LogP contribution in [0.15, 0.2) is 0 Å². The van der Waals surface area contributed by atoms with Crippen molar-refractivity contribution in [1.29, 1.82) is 0 Å². The van der Waals surface area contributed by atoms with Crippen molar-refractivity contribution in [1.82, 2.24) is 4.31 Å². The molecular weight excluding hydrogens is 238 g/mol. The molecule has 0 bridgehead atoms. The van der Waals surface area contributed by atoms with Gasteiger partial charge in [-0.2, -0.15) is 0 Å². The molecule has 100 valence electrons. The third-order valence-electron chi connectivity index (χ3n) is 3.52. The number of aliphatic hydroxyl groups excluding tert-OH is 1. The molecule has 2 aliphatic carbocycles. The van der Waals surface area contributed by atoms with Crippen LogP contribution in [0.25, 0.3) is 0 Å². The Morgan fingerprint density at radius 3 is 1.94 bits per heavy atom. The number of nitrogens with zero attached hydrogens (tertiary/aromatic N) is 1. The zero-order valence-electron chi connectivity index (χ0n) is 10.3. The molecule has 2 aliphatic rings. The highest BCUT2D eigenvalue weighted by Gasteiger charge is 2.34. The summed E-state index contributed by atoms with van der Waals surface area (Å²) in [5, 5.41) is 8.70. The fraction of sp³-hybridized carbons (Fsp3) is 1.00. The van der Waals surface area contributed by atoms with Gasteiger partial charge < -0.3 is 5.11 Å². The summed E-state index contributed by atoms with van der Waals surface area (Å²) in [6.45, 7) is 1.55. The Morgan fingerprint density at radius 2 is 1.53 bits per heavy atom. The quantitative estimate of drug-likeness (QED) is 0.635. The number of rotatable bonds is 9. The molecular formula is C12H23NO3S. The van der Waals surface area contributed by atoms with Crippen LogP contribution < -0.4 is 0 Å². The minimum atomic E-state index is -3.08. The summed E-state index contributed by atoms with van der Waals surface area (Å²) in [4.78, 5) is 0. The molecule has 5 heteroatoms. The predicted molar refractivity (Wildman–Crippen MR) is 67.1 cm³/mol. The van der Waals surface area contributed by atoms with Crippen molar-refractivity contribution in [2.24, 2.45) is 11.8 Å². The lowest BCUT2D eigenvalue weighted by Gasteiger charge is -2.21. The van der Waals surface area contributed by atoms with E-state index in [4.69, 9.17) is 5.11 Å². The highest BCUT2D eigenvalue weighted by atomic mass is 32.2. The molecule has 0 heterocycles. The van der Waals surface area contributed by atoms with E-state index >= 15 is 0 Å². The van der Waals surface area contributed by atoms with Gasteiger partial charge in [0.25, 0.3) is 0 Å². The van der Waals surface area contributed by atoms with Crippen LogP contribution in [0.5, 0.6) is 0 Å². The van der Waals surface area contributed by atoms with Crippen LogP contribution in [0, 0.1) is 11.8 Å². The van der Waals surface area contributed by atoms with Gasteiger partial charge in [-0.25, -0.2) is 12.7 Å². The Hall–Kier alpha value is -0.130. The van der Waals surface area contributed by atoms with E-state index in [-0.39, 0.29) is 12.4 Å². The van der Waals surface area contributed by atoms with Crippen LogP contribution in [-0.2, 0) is 10.0 Å². The fourth-order valence-electron chi connectivity index (χ4n) is 2.00. The van der Waals surface area contributed by atoms with Gasteiger partial charge >= 0.3 is 0 Å². The second-order valence-corrected chi connectivity index (χ2v) is 7.54. The van der Waals surface area contributed by atoms with Crippen LogP contribution >= 0.6 is 0 Å². The van der Waals surface area contributed by atoms with Gasteiger partial charge in [0.05, 0.1) is 5.75 Å². The molecule has 0 aromatic rings. The summed E-state index contributed by atoms with van der Waals surface area (Å²) in [5.74, 6) is 1.43. The maximum Gasteiger partial charge on any atom is 0.214 e. The summed E-state index contributed by atoms with van der Waals surface area (Å²) >= 11 is 0. The Kier molecular flexibility index (Phi) is 4.44. The Balaban J connectivity index is 1.86. The Morgan fingerprint density at radius 1 is 1.00 bits per heavy atom. The van der Waals surface area contributed by atoms with Crippen LogP contribution in [0.1, 0.15) is 38.5 Å². The Labute approximate surface area is 104 Å². The number of aliphatic hydroxyl groups is 1. The predicted octanol–water partition coefficient (Wildman–Crippen LogP) is 1.21. The first-order valence-electron chi connectivity index (χ1n) is 6.70. The van der Waals surface area contributed by atoms with Crippen LogP contribution in [0.4, 0.5) is 0 Å². The van der Waals surface area contributed by atoms with Crippen molar-refractivity contribution in [3.05, 3.63) is 0 Å². The molecule has 0 saturated heterocycles. The monoisotopic (exact) mass is 261 g/mol. The molecule has 0 aromatic heterocycles. The maximum atomic E-state index is 12.2. The first-order valence-corrected chi connectivity index (χ1v) is 8.31. The van der Waals surface area contributed by atoms with Gasteiger partial charge in [0, 0.05) is 19.7 Å². The number of hydrogen-bond donors (Lipinski definition) is 1. The summed E-state index contributed by atoms with van der Waals surface area (Å²) in [6.07, 6.45) is 5.91. The molecule has 2 saturated carbocycles. The fourth-order valence-corrected chi connectivity index (χ4v) is 3.71. The van der Waals surface area contributed by atoms with Gasteiger partial charge in [0.1, 0.15) is 0 Å². The second-order valence-electron chi connectivity index (χ2n) is 5.45. The summed E-state index contributed by atoms with van der Waals surface area (Å²) < 4.78 is 26.1. The average molecular weight is 261 g/mol. The van der Waals surface area contributed by atoms with Crippen molar-refractivity contribution in [3.8, 4) is 0 Å². The van der Waals surface area contributed by atoms with E-state index in [0.29, 0.717) is 24.7 Å². The molecule has 0 aromatic carbocycles. The van der Waals surface area contributed by atoms with Gasteiger partial charge in [-0.3, -0.25) is 0 Å². The molecule has 2 fully saturated rings.